The molecule has 2 saturated heterocycles. The van der Waals surface area contributed by atoms with Crippen LogP contribution in [-0.4, -0.2) is 80.2 Å². The molecule has 0 atom stereocenters. The molecule has 197 valence electrons. The molecule has 12 heteroatoms. The summed E-state index contributed by atoms with van der Waals surface area (Å²) in [7, 11) is -3.25. The fourth-order valence-corrected chi connectivity index (χ4v) is 17.1. The van der Waals surface area contributed by atoms with Gasteiger partial charge in [0.2, 0.25) is 0 Å². The van der Waals surface area contributed by atoms with Gasteiger partial charge in [0, 0.05) is 26.4 Å². The molecule has 0 saturated carbocycles. The number of rotatable bonds is 6. The van der Waals surface area contributed by atoms with E-state index in [-0.39, 0.29) is 39.9 Å². The Morgan fingerprint density at radius 3 is 0.562 bits per heavy atom. The molecule has 0 aromatic heterocycles. The Bertz CT molecular complexity index is 262. The van der Waals surface area contributed by atoms with Gasteiger partial charge in [-0.25, -0.2) is 0 Å². The summed E-state index contributed by atoms with van der Waals surface area (Å²) in [6.07, 6.45) is 5.11. The number of hydrogen-bond donors (Lipinski definition) is 0. The molecule has 2 heterocycles. The van der Waals surface area contributed by atoms with Gasteiger partial charge in [-0.2, -0.15) is 0 Å². The largest absolute Gasteiger partial charge is 3.00 e. The second-order valence-corrected chi connectivity index (χ2v) is 26.4. The van der Waals surface area contributed by atoms with Crippen molar-refractivity contribution in [1.82, 2.24) is 0 Å². The zero-order valence-electron chi connectivity index (χ0n) is 23.6. The van der Waals surface area contributed by atoms with Gasteiger partial charge in [0.25, 0.3) is 0 Å². The molecule has 1 radical (unpaired) electrons. The van der Waals surface area contributed by atoms with Crippen LogP contribution in [0, 0.1) is 39.9 Å². The maximum absolute atomic E-state index is 4.94. The molecule has 0 aliphatic carbocycles. The van der Waals surface area contributed by atoms with Crippen molar-refractivity contribution < 1.29 is 49.4 Å². The molecule has 0 spiro atoms. The van der Waals surface area contributed by atoms with E-state index in [1.165, 1.54) is 25.7 Å². The van der Waals surface area contributed by atoms with Crippen molar-refractivity contribution in [2.24, 2.45) is 0 Å². The van der Waals surface area contributed by atoms with Crippen molar-refractivity contribution in [3.05, 3.63) is 13.9 Å². The number of nitrogens with zero attached hydrogens (tertiary/aromatic N) is 3. The fraction of sp³-hybridized carbons (Fsp3) is 1.00. The molecule has 2 aliphatic rings. The van der Waals surface area contributed by atoms with Crippen LogP contribution in [0.4, 0.5) is 0 Å². The molecule has 0 unspecified atom stereocenters. The Balaban J connectivity index is -0.000000153. The van der Waals surface area contributed by atoms with Crippen molar-refractivity contribution >= 4 is 53.7 Å². The van der Waals surface area contributed by atoms with Gasteiger partial charge in [-0.15, -0.1) is 0 Å². The summed E-state index contributed by atoms with van der Waals surface area (Å²) in [5.41, 5.74) is 0. The first-order chi connectivity index (χ1) is 14.4. The average molecular weight is 698 g/mol. The third-order valence-corrected chi connectivity index (χ3v) is 17.8. The molecule has 0 bridgehead atoms. The van der Waals surface area contributed by atoms with Gasteiger partial charge < -0.3 is 23.4 Å². The predicted molar refractivity (Wildman–Crippen MR) is 163 cm³/mol. The van der Waals surface area contributed by atoms with Crippen LogP contribution in [0.1, 0.15) is 25.7 Å². The van der Waals surface area contributed by atoms with Crippen molar-refractivity contribution in [2.75, 3.05) is 26.4 Å². The van der Waals surface area contributed by atoms with Crippen LogP contribution in [-0.2, 0) is 9.47 Å². The predicted octanol–water partition coefficient (Wildman–Crippen LogP) is 5.57. The summed E-state index contributed by atoms with van der Waals surface area (Å²) in [4.78, 5) is 0. The van der Waals surface area contributed by atoms with Gasteiger partial charge in [0.1, 0.15) is 0 Å². The van der Waals surface area contributed by atoms with Crippen molar-refractivity contribution in [1.29, 1.82) is 0 Å². The van der Waals surface area contributed by atoms with E-state index in [0.717, 1.165) is 26.4 Å². The van der Waals surface area contributed by atoms with Gasteiger partial charge in [0.05, 0.1) is 0 Å². The van der Waals surface area contributed by atoms with E-state index in [4.69, 9.17) is 9.47 Å². The summed E-state index contributed by atoms with van der Waals surface area (Å²) >= 11 is 0. The molecular formula is C20H58GdN3O2Si6. The maximum atomic E-state index is 4.94. The van der Waals surface area contributed by atoms with E-state index >= 15 is 0 Å². The molecule has 0 aromatic carbocycles. The van der Waals surface area contributed by atoms with E-state index in [2.05, 4.69) is 92.5 Å². The van der Waals surface area contributed by atoms with Crippen molar-refractivity contribution in [3.63, 3.8) is 0 Å². The zero-order valence-corrected chi connectivity index (χ0v) is 32.8. The normalized spacial score (nSPS) is 14.8. The Morgan fingerprint density at radius 1 is 0.375 bits per heavy atom. The molecular weight excluding hydrogens is 640 g/mol. The first-order valence-electron chi connectivity index (χ1n) is 12.6. The van der Waals surface area contributed by atoms with E-state index in [9.17, 15) is 0 Å². The molecule has 0 amide bonds. The third-order valence-electron chi connectivity index (χ3n) is 3.44. The van der Waals surface area contributed by atoms with Crippen molar-refractivity contribution in [3.8, 4) is 0 Å². The van der Waals surface area contributed by atoms with Gasteiger partial charge in [-0.1, -0.05) is 132 Å². The topological polar surface area (TPSA) is 60.8 Å². The Morgan fingerprint density at radius 2 is 0.531 bits per heavy atom. The van der Waals surface area contributed by atoms with E-state index in [1.54, 1.807) is 0 Å². The SMILES string of the molecule is C1CCOC1.C1CCOC1.C[SiH](C)[N-][SiH](C)C.C[SiH](C)[N-][SiH](C)C.C[SiH](C)[N-][SiH](C)C.[Gd+3]. The van der Waals surface area contributed by atoms with Crippen LogP contribution in [0.3, 0.4) is 0 Å². The first kappa shape index (κ1) is 41.5. The Hall–Kier alpha value is 2.43. The van der Waals surface area contributed by atoms with Crippen LogP contribution in [0.2, 0.25) is 78.6 Å². The van der Waals surface area contributed by atoms with E-state index in [1.807, 2.05) is 0 Å². The minimum Gasteiger partial charge on any atom is -0.672 e. The molecule has 0 aromatic rings. The van der Waals surface area contributed by atoms with Crippen LogP contribution in [0.5, 0.6) is 0 Å². The summed E-state index contributed by atoms with van der Waals surface area (Å²) < 4.78 is 23.6. The monoisotopic (exact) mass is 698 g/mol. The van der Waals surface area contributed by atoms with Gasteiger partial charge in [-0.05, 0) is 25.7 Å². The van der Waals surface area contributed by atoms with E-state index < -0.39 is 53.7 Å². The average Bonchev–Trinajstić information content (AvgIpc) is 3.32. The molecule has 2 rings (SSSR count). The second kappa shape index (κ2) is 31.5. The Kier molecular flexibility index (Phi) is 40.8. The minimum atomic E-state index is -0.542. The minimum absolute atomic E-state index is 0. The smallest absolute Gasteiger partial charge is 0.672 e. The second-order valence-electron chi connectivity index (χ2n) is 9.65. The summed E-state index contributed by atoms with van der Waals surface area (Å²) in [5.74, 6) is 0. The summed E-state index contributed by atoms with van der Waals surface area (Å²) in [6.45, 7) is 31.2. The van der Waals surface area contributed by atoms with Gasteiger partial charge in [0.15, 0.2) is 0 Å². The van der Waals surface area contributed by atoms with Crippen LogP contribution < -0.4 is 0 Å². The zero-order chi connectivity index (χ0) is 24.7. The van der Waals surface area contributed by atoms with E-state index in [0.29, 0.717) is 0 Å². The molecule has 2 aliphatic heterocycles. The number of ether oxygens (including phenoxy) is 2. The van der Waals surface area contributed by atoms with Crippen LogP contribution in [0.25, 0.3) is 13.9 Å². The summed E-state index contributed by atoms with van der Waals surface area (Å²) in [6, 6.07) is 0. The summed E-state index contributed by atoms with van der Waals surface area (Å²) in [5, 5.41) is 0. The number of hydrogen-bond acceptors (Lipinski definition) is 2. The Labute approximate surface area is 245 Å². The third kappa shape index (κ3) is 53.7. The quantitative estimate of drug-likeness (QED) is 0.341. The first-order valence-corrected chi connectivity index (χ1v) is 29.6. The fourth-order valence-electron chi connectivity index (χ4n) is 2.81. The standard InChI is InChI=1S/3C4H14NSi2.2C4H8O.Gd/c3*1-6(2)5-7(3)4;2*1-2-4-5-3-1;/h3*6-7H,1-4H3;2*1-4H2;/q3*-1;;;+3. The van der Waals surface area contributed by atoms with Gasteiger partial charge in [-0.3, -0.25) is 0 Å². The maximum Gasteiger partial charge on any atom is 3.00 e. The molecule has 2 fully saturated rings. The van der Waals surface area contributed by atoms with Gasteiger partial charge >= 0.3 is 39.9 Å². The van der Waals surface area contributed by atoms with Crippen LogP contribution in [0.15, 0.2) is 0 Å². The van der Waals surface area contributed by atoms with Crippen LogP contribution >= 0.6 is 0 Å². The molecule has 0 N–H and O–H groups in total. The molecule has 32 heavy (non-hydrogen) atoms. The van der Waals surface area contributed by atoms with Crippen molar-refractivity contribution in [2.45, 2.75) is 104 Å². The molecule has 5 nitrogen and oxygen atoms in total.